The van der Waals surface area contributed by atoms with Crippen LogP contribution in [-0.2, 0) is 50.5 Å². The van der Waals surface area contributed by atoms with Crippen molar-refractivity contribution in [2.75, 3.05) is 54.2 Å². The Labute approximate surface area is 387 Å². The lowest BCUT2D eigenvalue weighted by molar-refractivity contribution is -0.0634. The van der Waals surface area contributed by atoms with E-state index in [0.717, 1.165) is 32.7 Å². The van der Waals surface area contributed by atoms with E-state index in [4.69, 9.17) is 66.7 Å². The highest BCUT2D eigenvalue weighted by Crippen LogP contribution is 2.53. The van der Waals surface area contributed by atoms with Gasteiger partial charge in [0.05, 0.1) is 19.8 Å². The molecule has 0 amide bonds. The van der Waals surface area contributed by atoms with Crippen LogP contribution in [-0.4, -0.2) is 173 Å². The number of nitrogen functional groups attached to an aromatic ring is 6. The van der Waals surface area contributed by atoms with Crippen LogP contribution in [0.25, 0.3) is 33.5 Å². The molecule has 9 rings (SSSR count). The summed E-state index contributed by atoms with van der Waals surface area (Å²) in [4.78, 5) is 76.6. The SMILES string of the molecule is Nc1ncnc2c1nc(N)n2[C@@H]1O[C@H](COP(=O)(O)O[C@@H]2[C@H](O)[C@@H](COP(=O)(O)O[C@@H]3[C@H](O)[C@@H](COP(=O)(O)O)O[C@H]3n3c(N)nc4c(N)ncnc43)O[C@H]2n2c(N)nc3c(N)ncnc32)[C@@H](O)[C@H]1O. The predicted octanol–water partition coefficient (Wildman–Crippen LogP) is -4.75. The first-order valence-corrected chi connectivity index (χ1v) is 24.4. The lowest BCUT2D eigenvalue weighted by Gasteiger charge is -2.25. The lowest BCUT2D eigenvalue weighted by atomic mass is 10.1. The third kappa shape index (κ3) is 9.18. The fourth-order valence-electron chi connectivity index (χ4n) is 7.89. The minimum absolute atomic E-state index is 0.0187. The van der Waals surface area contributed by atoms with E-state index >= 15 is 0 Å². The molecule has 14 atom stereocenters. The molecular weight excluding hydrogens is 1010 g/mol. The summed E-state index contributed by atoms with van der Waals surface area (Å²) in [5, 5.41) is 44.7. The summed E-state index contributed by atoms with van der Waals surface area (Å²) in [7, 11) is -16.1. The van der Waals surface area contributed by atoms with Crippen LogP contribution >= 0.6 is 23.5 Å². The van der Waals surface area contributed by atoms with Gasteiger partial charge in [0.15, 0.2) is 69.6 Å². The van der Waals surface area contributed by atoms with Gasteiger partial charge in [0.1, 0.15) is 73.9 Å². The van der Waals surface area contributed by atoms with Crippen molar-refractivity contribution in [1.29, 1.82) is 0 Å². The Hall–Kier alpha value is -5.50. The molecule has 0 bridgehead atoms. The van der Waals surface area contributed by atoms with Crippen LogP contribution in [0.2, 0.25) is 0 Å². The van der Waals surface area contributed by atoms with Gasteiger partial charge in [-0.1, -0.05) is 0 Å². The normalized spacial score (nSPS) is 30.2. The van der Waals surface area contributed by atoms with Gasteiger partial charge < -0.3 is 88.6 Å². The van der Waals surface area contributed by atoms with Gasteiger partial charge in [-0.25, -0.2) is 58.6 Å². The van der Waals surface area contributed by atoms with E-state index in [-0.39, 0.29) is 56.9 Å². The van der Waals surface area contributed by atoms with Gasteiger partial charge in [-0.2, -0.15) is 0 Å². The maximum Gasteiger partial charge on any atom is 0.472 e. The number of imidazole rings is 3. The average Bonchev–Trinajstić information content (AvgIpc) is 4.11. The van der Waals surface area contributed by atoms with Gasteiger partial charge in [0.25, 0.3) is 0 Å². The van der Waals surface area contributed by atoms with Crippen molar-refractivity contribution in [3.05, 3.63) is 19.0 Å². The van der Waals surface area contributed by atoms with Crippen molar-refractivity contribution >= 4 is 92.3 Å². The number of nitrogens with two attached hydrogens (primary N) is 6. The first kappa shape index (κ1) is 49.5. The predicted molar refractivity (Wildman–Crippen MR) is 227 cm³/mol. The number of hydrogen-bond acceptors (Lipinski definition) is 30. The first-order valence-electron chi connectivity index (χ1n) is 19.9. The molecule has 0 saturated carbocycles. The van der Waals surface area contributed by atoms with E-state index in [1.807, 2.05) is 0 Å². The van der Waals surface area contributed by atoms with Crippen molar-refractivity contribution in [3.63, 3.8) is 0 Å². The topological polar surface area (TPSA) is 574 Å². The Morgan fingerprint density at radius 3 is 1.19 bits per heavy atom. The van der Waals surface area contributed by atoms with Gasteiger partial charge >= 0.3 is 23.5 Å². The maximum absolute atomic E-state index is 13.7. The van der Waals surface area contributed by atoms with Crippen molar-refractivity contribution in [2.24, 2.45) is 0 Å². The largest absolute Gasteiger partial charge is 0.472 e. The number of nitrogens with zero attached hydrogens (tertiary/aromatic N) is 12. The van der Waals surface area contributed by atoms with Crippen molar-refractivity contribution in [1.82, 2.24) is 58.6 Å². The minimum Gasteiger partial charge on any atom is -0.387 e. The van der Waals surface area contributed by atoms with Crippen LogP contribution in [0.3, 0.4) is 0 Å². The number of aliphatic hydroxyl groups is 4. The van der Waals surface area contributed by atoms with Crippen LogP contribution in [0.5, 0.6) is 0 Å². The van der Waals surface area contributed by atoms with Crippen LogP contribution in [0.15, 0.2) is 19.0 Å². The number of fused-ring (bicyclic) bond motifs is 3. The third-order valence-electron chi connectivity index (χ3n) is 11.0. The monoisotopic (exact) mass is 1050 g/mol. The zero-order chi connectivity index (χ0) is 50.4. The highest BCUT2D eigenvalue weighted by Gasteiger charge is 2.54. The van der Waals surface area contributed by atoms with Crippen LogP contribution in [0.4, 0.5) is 35.3 Å². The lowest BCUT2D eigenvalue weighted by Crippen LogP contribution is -2.37. The highest BCUT2D eigenvalue weighted by atomic mass is 31.2. The van der Waals surface area contributed by atoms with Crippen LogP contribution in [0.1, 0.15) is 18.7 Å². The number of aromatic nitrogens is 12. The Kier molecular flexibility index (Phi) is 12.9. The van der Waals surface area contributed by atoms with E-state index in [1.54, 1.807) is 0 Å². The van der Waals surface area contributed by atoms with E-state index < -0.39 is 129 Å². The summed E-state index contributed by atoms with van der Waals surface area (Å²) in [6, 6.07) is 0. The van der Waals surface area contributed by atoms with Gasteiger partial charge in [-0.15, -0.1) is 0 Å². The van der Waals surface area contributed by atoms with Gasteiger partial charge in [0.2, 0.25) is 17.8 Å². The quantitative estimate of drug-likeness (QED) is 0.0405. The second-order valence-corrected chi connectivity index (χ2v) is 19.5. The molecule has 3 aliphatic rings. The van der Waals surface area contributed by atoms with Crippen molar-refractivity contribution < 1.29 is 90.5 Å². The molecule has 380 valence electrons. The Morgan fingerprint density at radius 2 is 0.814 bits per heavy atom. The number of aliphatic hydroxyl groups excluding tert-OH is 4. The molecule has 6 aromatic heterocycles. The highest BCUT2D eigenvalue weighted by molar-refractivity contribution is 7.47. The molecule has 2 unspecified atom stereocenters. The molecule has 0 aromatic carbocycles. The number of rotatable bonds is 16. The molecule has 6 aromatic rings. The first-order chi connectivity index (χ1) is 32.9. The summed E-state index contributed by atoms with van der Waals surface area (Å²) in [6.45, 7) is -3.06. The second-order valence-electron chi connectivity index (χ2n) is 15.4. The molecule has 3 fully saturated rings. The zero-order valence-corrected chi connectivity index (χ0v) is 37.7. The minimum atomic E-state index is -5.53. The molecule has 40 heteroatoms. The summed E-state index contributed by atoms with van der Waals surface area (Å²) < 4.78 is 85.2. The van der Waals surface area contributed by atoms with E-state index in [0.29, 0.717) is 0 Å². The van der Waals surface area contributed by atoms with Crippen molar-refractivity contribution in [3.8, 4) is 0 Å². The smallest absolute Gasteiger partial charge is 0.387 e. The standard InChI is InChI=1S/C30H41N18O19P3/c31-19-10-22(40-4-37-19)46(28(34)43-10)25-16(52)13(49)7(63-25)2-61-69(56,57)67-18-15(51)9(65-27(18)48-24-12(45-30(48)36)21(33)39-6-42-24)3-62-70(58,59)66-17-14(50)8(1-60-68(53,54)55)64-26(17)47-23-11(44-29(47)35)20(32)38-5-41-23/h4-9,13-18,25-27,49-52H,1-3H2,(H2,34,43)(H2,35,44)(H2,36,45)(H,56,57)(H,58,59)(H2,31,37,40)(H2,32,38,41)(H2,33,39,42)(H2,53,54,55)/t7-,8-,9-,13-,14-,15-,16-,17-,18-,25-,26-,27-/m1/s1. The Bertz CT molecular complexity index is 3110. The van der Waals surface area contributed by atoms with E-state index in [2.05, 4.69) is 49.4 Å². The molecule has 0 spiro atoms. The van der Waals surface area contributed by atoms with E-state index in [9.17, 15) is 53.7 Å². The summed E-state index contributed by atoms with van der Waals surface area (Å²) in [6.07, 6.45) is -18.7. The second kappa shape index (κ2) is 18.3. The Morgan fingerprint density at radius 1 is 0.486 bits per heavy atom. The summed E-state index contributed by atoms with van der Waals surface area (Å²) in [5.41, 5.74) is 35.7. The van der Waals surface area contributed by atoms with Gasteiger partial charge in [-0.05, 0) is 0 Å². The molecule has 20 N–H and O–H groups in total. The molecule has 9 heterocycles. The van der Waals surface area contributed by atoms with Crippen molar-refractivity contribution in [2.45, 2.75) is 73.6 Å². The number of phosphoric acid groups is 3. The van der Waals surface area contributed by atoms with Crippen LogP contribution in [0, 0.1) is 0 Å². The molecule has 70 heavy (non-hydrogen) atoms. The third-order valence-corrected chi connectivity index (χ3v) is 13.5. The average molecular weight is 1050 g/mol. The van der Waals surface area contributed by atoms with Gasteiger partial charge in [-0.3, -0.25) is 36.3 Å². The summed E-state index contributed by atoms with van der Waals surface area (Å²) >= 11 is 0. The molecule has 37 nitrogen and oxygen atoms in total. The molecular formula is C30H41N18O19P3. The number of ether oxygens (including phenoxy) is 3. The Balaban J connectivity index is 0.941. The van der Waals surface area contributed by atoms with E-state index in [1.165, 1.54) is 0 Å². The number of anilines is 6. The number of hydrogen-bond donors (Lipinski definition) is 14. The molecule has 3 saturated heterocycles. The number of phosphoric ester groups is 3. The van der Waals surface area contributed by atoms with Gasteiger partial charge in [0, 0.05) is 0 Å². The zero-order valence-electron chi connectivity index (χ0n) is 35.0. The molecule has 0 radical (unpaired) electrons. The molecule has 0 aliphatic carbocycles. The summed E-state index contributed by atoms with van der Waals surface area (Å²) in [5.74, 6) is -1.46. The maximum atomic E-state index is 13.7. The fourth-order valence-corrected chi connectivity index (χ4v) is 10.1. The molecule has 3 aliphatic heterocycles. The fraction of sp³-hybridized carbons (Fsp3) is 0.500. The van der Waals surface area contributed by atoms with Crippen LogP contribution < -0.4 is 34.4 Å².